The quantitative estimate of drug-likeness (QED) is 0.467. The van der Waals surface area contributed by atoms with E-state index < -0.39 is 0 Å². The van der Waals surface area contributed by atoms with Crippen LogP contribution in [0.2, 0.25) is 0 Å². The van der Waals surface area contributed by atoms with Gasteiger partial charge in [0.2, 0.25) is 0 Å². The molecule has 0 bridgehead atoms. The maximum Gasteiger partial charge on any atom is 0.264 e. The number of likely N-dealkylation sites (tertiary alicyclic amines) is 1. The molecular weight excluding hydrogens is 432 g/mol. The van der Waals surface area contributed by atoms with Crippen molar-refractivity contribution in [2.24, 2.45) is 5.41 Å². The normalized spacial score (nSPS) is 18.4. The second kappa shape index (κ2) is 7.67. The lowest BCUT2D eigenvalue weighted by Crippen LogP contribution is -2.43. The van der Waals surface area contributed by atoms with Crippen LogP contribution >= 0.6 is 11.3 Å². The van der Waals surface area contributed by atoms with Crippen LogP contribution in [0, 0.1) is 12.3 Å². The summed E-state index contributed by atoms with van der Waals surface area (Å²) < 4.78 is 3.02. The van der Waals surface area contributed by atoms with Crippen LogP contribution in [-0.2, 0) is 0 Å². The number of aromatic amines is 1. The smallest absolute Gasteiger partial charge is 0.264 e. The summed E-state index contributed by atoms with van der Waals surface area (Å²) >= 11 is 1.63. The Hall–Kier alpha value is -2.71. The molecule has 0 atom stereocenters. The highest BCUT2D eigenvalue weighted by Gasteiger charge is 2.38. The molecule has 6 rings (SSSR count). The van der Waals surface area contributed by atoms with Crippen LogP contribution in [-0.4, -0.2) is 56.6 Å². The lowest BCUT2D eigenvalue weighted by Gasteiger charge is -2.38. The van der Waals surface area contributed by atoms with Gasteiger partial charge in [-0.25, -0.2) is 9.50 Å². The Balaban J connectivity index is 1.33. The summed E-state index contributed by atoms with van der Waals surface area (Å²) in [6, 6.07) is 4.22. The lowest BCUT2D eigenvalue weighted by atomic mass is 9.78. The minimum absolute atomic E-state index is 0.182. The van der Waals surface area contributed by atoms with E-state index in [1.807, 2.05) is 10.7 Å². The van der Waals surface area contributed by atoms with Gasteiger partial charge in [-0.2, -0.15) is 5.10 Å². The number of hydrogen-bond acceptors (Lipinski definition) is 5. The second-order valence-electron chi connectivity index (χ2n) is 10.1. The Morgan fingerprint density at radius 3 is 2.76 bits per heavy atom. The number of nitrogens with zero attached hydrogens (tertiary/aromatic N) is 4. The fourth-order valence-electron chi connectivity index (χ4n) is 5.68. The van der Waals surface area contributed by atoms with Crippen molar-refractivity contribution < 1.29 is 4.79 Å². The first-order valence-electron chi connectivity index (χ1n) is 11.9. The van der Waals surface area contributed by atoms with Crippen LogP contribution in [0.25, 0.3) is 27.1 Å². The fraction of sp³-hybridized carbons (Fsp3) is 0.480. The Bertz CT molecular complexity index is 1350. The highest BCUT2D eigenvalue weighted by Crippen LogP contribution is 2.41. The number of rotatable bonds is 3. The van der Waals surface area contributed by atoms with Gasteiger partial charge in [-0.3, -0.25) is 4.79 Å². The molecule has 8 heteroatoms. The standard InChI is InChI=1S/C25H30N6OS/c1-15(2)20-21(17-10-16(3)23-27-14-28-31(23)12-17)29-18-11-19(33-22(18)20)24(32)30-8-5-25(6-9-30)4-7-26-13-25/h10-12,14-15,26,29H,4-9,13H2,1-3H3. The SMILES string of the molecule is Cc1cc(-c2[nH]c3cc(C(=O)N4CCC5(CCNC5)CC4)sc3c2C(C)C)cn2ncnc12. The van der Waals surface area contributed by atoms with Crippen LogP contribution < -0.4 is 5.32 Å². The number of aryl methyl sites for hydroxylation is 1. The number of carbonyl (C=O) groups is 1. The molecule has 2 N–H and O–H groups in total. The Labute approximate surface area is 197 Å². The molecule has 0 unspecified atom stereocenters. The number of thiophene rings is 1. The van der Waals surface area contributed by atoms with Crippen LogP contribution in [0.15, 0.2) is 24.7 Å². The van der Waals surface area contributed by atoms with Crippen molar-refractivity contribution in [3.8, 4) is 11.3 Å². The topological polar surface area (TPSA) is 78.3 Å². The minimum atomic E-state index is 0.182. The molecule has 4 aromatic heterocycles. The van der Waals surface area contributed by atoms with Crippen molar-refractivity contribution in [3.63, 3.8) is 0 Å². The average molecular weight is 463 g/mol. The van der Waals surface area contributed by atoms with E-state index in [2.05, 4.69) is 58.2 Å². The zero-order valence-electron chi connectivity index (χ0n) is 19.4. The summed E-state index contributed by atoms with van der Waals surface area (Å²) in [4.78, 5) is 24.2. The molecule has 4 aromatic rings. The van der Waals surface area contributed by atoms with Gasteiger partial charge in [0.25, 0.3) is 5.91 Å². The summed E-state index contributed by atoms with van der Waals surface area (Å²) in [5.41, 5.74) is 6.91. The minimum Gasteiger partial charge on any atom is -0.354 e. The molecule has 2 aliphatic heterocycles. The highest BCUT2D eigenvalue weighted by atomic mass is 32.1. The predicted octanol–water partition coefficient (Wildman–Crippen LogP) is 4.59. The number of aromatic nitrogens is 4. The third-order valence-corrected chi connectivity index (χ3v) is 8.74. The molecule has 2 fully saturated rings. The van der Waals surface area contributed by atoms with Crippen LogP contribution in [0.1, 0.15) is 59.8 Å². The van der Waals surface area contributed by atoms with Crippen molar-refractivity contribution in [1.82, 2.24) is 29.8 Å². The summed E-state index contributed by atoms with van der Waals surface area (Å²) in [6.45, 7) is 10.5. The predicted molar refractivity (Wildman–Crippen MR) is 132 cm³/mol. The van der Waals surface area contributed by atoms with E-state index in [1.165, 1.54) is 16.7 Å². The molecule has 2 saturated heterocycles. The number of carbonyl (C=O) groups excluding carboxylic acids is 1. The first kappa shape index (κ1) is 20.9. The summed E-state index contributed by atoms with van der Waals surface area (Å²) in [6.07, 6.45) is 7.09. The largest absolute Gasteiger partial charge is 0.354 e. The number of H-pyrrole nitrogens is 1. The third kappa shape index (κ3) is 3.38. The van der Waals surface area contributed by atoms with Crippen molar-refractivity contribution in [2.45, 2.75) is 46.0 Å². The number of pyridine rings is 1. The first-order valence-corrected chi connectivity index (χ1v) is 12.7. The number of nitrogens with one attached hydrogen (secondary N) is 2. The molecule has 1 spiro atoms. The Kier molecular flexibility index (Phi) is 4.85. The summed E-state index contributed by atoms with van der Waals surface area (Å²) in [7, 11) is 0. The van der Waals surface area contributed by atoms with E-state index >= 15 is 0 Å². The van der Waals surface area contributed by atoms with Gasteiger partial charge < -0.3 is 15.2 Å². The fourth-order valence-corrected chi connectivity index (χ4v) is 6.96. The highest BCUT2D eigenvalue weighted by molar-refractivity contribution is 7.21. The maximum atomic E-state index is 13.4. The van der Waals surface area contributed by atoms with Crippen molar-refractivity contribution in [2.75, 3.05) is 26.2 Å². The number of piperidine rings is 1. The van der Waals surface area contributed by atoms with Crippen LogP contribution in [0.3, 0.4) is 0 Å². The third-order valence-electron chi connectivity index (χ3n) is 7.59. The molecule has 7 nitrogen and oxygen atoms in total. The molecule has 0 aliphatic carbocycles. The molecule has 6 heterocycles. The van der Waals surface area contributed by atoms with E-state index in [1.54, 1.807) is 17.7 Å². The molecule has 1 amide bonds. The Morgan fingerprint density at radius 1 is 1.21 bits per heavy atom. The zero-order valence-corrected chi connectivity index (χ0v) is 20.3. The van der Waals surface area contributed by atoms with E-state index in [0.29, 0.717) is 11.3 Å². The monoisotopic (exact) mass is 462 g/mol. The number of amides is 1. The van der Waals surface area contributed by atoms with E-state index in [9.17, 15) is 4.79 Å². The van der Waals surface area contributed by atoms with E-state index in [4.69, 9.17) is 0 Å². The molecule has 2 aliphatic rings. The average Bonchev–Trinajstić information content (AvgIpc) is 3.57. The van der Waals surface area contributed by atoms with Crippen LogP contribution in [0.5, 0.6) is 0 Å². The molecule has 0 aromatic carbocycles. The van der Waals surface area contributed by atoms with Gasteiger partial charge in [-0.15, -0.1) is 11.3 Å². The maximum absolute atomic E-state index is 13.4. The summed E-state index contributed by atoms with van der Waals surface area (Å²) in [5, 5.41) is 7.84. The molecule has 0 saturated carbocycles. The zero-order chi connectivity index (χ0) is 22.7. The van der Waals surface area contributed by atoms with Crippen molar-refractivity contribution >= 4 is 33.1 Å². The van der Waals surface area contributed by atoms with Gasteiger partial charge in [0, 0.05) is 31.4 Å². The molecule has 172 valence electrons. The van der Waals surface area contributed by atoms with E-state index in [0.717, 1.165) is 71.9 Å². The molecular formula is C25H30N6OS. The van der Waals surface area contributed by atoms with Gasteiger partial charge in [0.05, 0.1) is 20.8 Å². The summed E-state index contributed by atoms with van der Waals surface area (Å²) in [5.74, 6) is 0.508. The van der Waals surface area contributed by atoms with E-state index in [-0.39, 0.29) is 5.91 Å². The molecule has 33 heavy (non-hydrogen) atoms. The van der Waals surface area contributed by atoms with Gasteiger partial charge in [0.1, 0.15) is 6.33 Å². The van der Waals surface area contributed by atoms with Gasteiger partial charge in [-0.05, 0) is 67.3 Å². The van der Waals surface area contributed by atoms with Crippen molar-refractivity contribution in [3.05, 3.63) is 40.7 Å². The Morgan fingerprint density at radius 2 is 2.03 bits per heavy atom. The van der Waals surface area contributed by atoms with Crippen LogP contribution in [0.4, 0.5) is 0 Å². The first-order chi connectivity index (χ1) is 15.9. The second-order valence-corrected chi connectivity index (χ2v) is 11.1. The van der Waals surface area contributed by atoms with Gasteiger partial charge in [0.15, 0.2) is 5.65 Å². The number of hydrogen-bond donors (Lipinski definition) is 2. The molecule has 0 radical (unpaired) electrons. The number of fused-ring (bicyclic) bond motifs is 2. The van der Waals surface area contributed by atoms with Crippen molar-refractivity contribution in [1.29, 1.82) is 0 Å². The van der Waals surface area contributed by atoms with Gasteiger partial charge in [-0.1, -0.05) is 13.8 Å². The lowest BCUT2D eigenvalue weighted by molar-refractivity contribution is 0.0612. The van der Waals surface area contributed by atoms with Gasteiger partial charge >= 0.3 is 0 Å².